The van der Waals surface area contributed by atoms with E-state index in [1.807, 2.05) is 30.3 Å². The third-order valence-electron chi connectivity index (χ3n) is 4.79. The van der Waals surface area contributed by atoms with Crippen molar-refractivity contribution < 1.29 is 23.9 Å². The highest BCUT2D eigenvalue weighted by molar-refractivity contribution is 5.86. The summed E-state index contributed by atoms with van der Waals surface area (Å²) in [5.41, 5.74) is 0.912. The van der Waals surface area contributed by atoms with Gasteiger partial charge in [-0.05, 0) is 24.5 Å². The van der Waals surface area contributed by atoms with E-state index >= 15 is 0 Å². The van der Waals surface area contributed by atoms with Crippen molar-refractivity contribution in [3.63, 3.8) is 0 Å². The molecule has 29 heavy (non-hydrogen) atoms. The van der Waals surface area contributed by atoms with E-state index < -0.39 is 5.92 Å². The number of carbonyl (C=O) groups excluding carboxylic acids is 3. The molecule has 1 aromatic rings. The van der Waals surface area contributed by atoms with Crippen LogP contribution in [-0.4, -0.2) is 55.5 Å². The van der Waals surface area contributed by atoms with Gasteiger partial charge in [-0.2, -0.15) is 0 Å². The number of hydrogen-bond donors (Lipinski definition) is 1. The zero-order valence-corrected chi connectivity index (χ0v) is 16.8. The second-order valence-corrected chi connectivity index (χ2v) is 6.98. The number of rotatable bonds is 11. The lowest BCUT2D eigenvalue weighted by Gasteiger charge is -2.30. The van der Waals surface area contributed by atoms with Crippen LogP contribution >= 0.6 is 0 Å². The van der Waals surface area contributed by atoms with Crippen LogP contribution in [0.5, 0.6) is 0 Å². The molecule has 0 radical (unpaired) electrons. The van der Waals surface area contributed by atoms with E-state index in [4.69, 9.17) is 9.47 Å². The smallest absolute Gasteiger partial charge is 0.306 e. The van der Waals surface area contributed by atoms with Crippen molar-refractivity contribution in [2.45, 2.75) is 32.3 Å². The number of morpholine rings is 1. The summed E-state index contributed by atoms with van der Waals surface area (Å²) in [6.07, 6.45) is 3.31. The Morgan fingerprint density at radius 2 is 1.90 bits per heavy atom. The molecule has 2 amide bonds. The number of carbonyl (C=O) groups is 3. The van der Waals surface area contributed by atoms with E-state index in [9.17, 15) is 14.4 Å². The normalized spacial score (nSPS) is 14.7. The van der Waals surface area contributed by atoms with Gasteiger partial charge in [0, 0.05) is 25.6 Å². The number of ether oxygens (including phenoxy) is 2. The summed E-state index contributed by atoms with van der Waals surface area (Å²) in [5, 5.41) is 2.72. The van der Waals surface area contributed by atoms with E-state index in [0.717, 1.165) is 18.4 Å². The molecule has 2 rings (SSSR count). The van der Waals surface area contributed by atoms with Crippen LogP contribution in [0.3, 0.4) is 0 Å². The van der Waals surface area contributed by atoms with E-state index in [2.05, 4.69) is 11.9 Å². The van der Waals surface area contributed by atoms with Crippen molar-refractivity contribution in [2.75, 3.05) is 32.8 Å². The highest BCUT2D eigenvalue weighted by Crippen LogP contribution is 2.18. The fourth-order valence-corrected chi connectivity index (χ4v) is 3.15. The summed E-state index contributed by atoms with van der Waals surface area (Å²) in [6, 6.07) is 9.46. The number of amides is 2. The molecule has 158 valence electrons. The Morgan fingerprint density at radius 1 is 1.17 bits per heavy atom. The molecule has 1 aromatic carbocycles. The largest absolute Gasteiger partial charge is 0.461 e. The minimum absolute atomic E-state index is 0.0277. The number of nitrogens with zero attached hydrogens (tertiary/aromatic N) is 1. The van der Waals surface area contributed by atoms with Crippen LogP contribution in [0.1, 0.15) is 31.2 Å². The first-order valence-corrected chi connectivity index (χ1v) is 10.1. The number of benzene rings is 1. The fraction of sp³-hybridized carbons (Fsp3) is 0.500. The van der Waals surface area contributed by atoms with Gasteiger partial charge in [0.15, 0.2) is 0 Å². The summed E-state index contributed by atoms with van der Waals surface area (Å²) < 4.78 is 10.7. The molecule has 0 spiro atoms. The Kier molecular flexibility index (Phi) is 9.92. The maximum absolute atomic E-state index is 12.9. The van der Waals surface area contributed by atoms with Crippen molar-refractivity contribution in [3.05, 3.63) is 48.6 Å². The van der Waals surface area contributed by atoms with Gasteiger partial charge in [0.05, 0.1) is 19.6 Å². The molecular weight excluding hydrogens is 372 g/mol. The highest BCUT2D eigenvalue weighted by Gasteiger charge is 2.28. The molecule has 1 atom stereocenters. The maximum Gasteiger partial charge on any atom is 0.306 e. The van der Waals surface area contributed by atoms with Gasteiger partial charge in [-0.25, -0.2) is 0 Å². The minimum atomic E-state index is -0.425. The standard InChI is InChI=1S/C22H30N2O5/c1-2-20(25)23-11-7-6-10-19(22(27)24-12-14-28-15-13-24)16-21(26)29-17-18-8-4-3-5-9-18/h2-5,8-9,19H,1,6-7,10-17H2,(H,23,25)/t19-/m1/s1. The number of hydrogen-bond acceptors (Lipinski definition) is 5. The van der Waals surface area contributed by atoms with Crippen molar-refractivity contribution in [2.24, 2.45) is 5.92 Å². The molecule has 0 saturated carbocycles. The Bertz CT molecular complexity index is 671. The summed E-state index contributed by atoms with van der Waals surface area (Å²) in [7, 11) is 0. The lowest BCUT2D eigenvalue weighted by atomic mass is 9.96. The molecule has 0 unspecified atom stereocenters. The van der Waals surface area contributed by atoms with Crippen molar-refractivity contribution in [1.29, 1.82) is 0 Å². The van der Waals surface area contributed by atoms with E-state index in [-0.39, 0.29) is 30.8 Å². The molecular formula is C22H30N2O5. The Hall–Kier alpha value is -2.67. The van der Waals surface area contributed by atoms with Gasteiger partial charge in [0.25, 0.3) is 0 Å². The van der Waals surface area contributed by atoms with Crippen LogP contribution in [0.25, 0.3) is 0 Å². The summed E-state index contributed by atoms with van der Waals surface area (Å²) >= 11 is 0. The van der Waals surface area contributed by atoms with Crippen LogP contribution in [-0.2, 0) is 30.5 Å². The topological polar surface area (TPSA) is 84.9 Å². The van der Waals surface area contributed by atoms with Gasteiger partial charge in [0.1, 0.15) is 6.61 Å². The fourth-order valence-electron chi connectivity index (χ4n) is 3.15. The van der Waals surface area contributed by atoms with Crippen LogP contribution in [0.4, 0.5) is 0 Å². The maximum atomic E-state index is 12.9. The summed E-state index contributed by atoms with van der Waals surface area (Å²) in [6.45, 7) is 6.25. The second kappa shape index (κ2) is 12.7. The molecule has 1 saturated heterocycles. The first-order chi connectivity index (χ1) is 14.1. The van der Waals surface area contributed by atoms with Gasteiger partial charge in [0.2, 0.25) is 11.8 Å². The number of unbranched alkanes of at least 4 members (excludes halogenated alkanes) is 1. The van der Waals surface area contributed by atoms with Crippen molar-refractivity contribution >= 4 is 17.8 Å². The monoisotopic (exact) mass is 402 g/mol. The van der Waals surface area contributed by atoms with Gasteiger partial charge in [-0.1, -0.05) is 43.3 Å². The Morgan fingerprint density at radius 3 is 2.59 bits per heavy atom. The number of esters is 1. The van der Waals surface area contributed by atoms with Crippen LogP contribution in [0.15, 0.2) is 43.0 Å². The average Bonchev–Trinajstić information content (AvgIpc) is 2.77. The van der Waals surface area contributed by atoms with E-state index in [1.165, 1.54) is 6.08 Å². The lowest BCUT2D eigenvalue weighted by Crippen LogP contribution is -2.44. The molecule has 0 aliphatic carbocycles. The van der Waals surface area contributed by atoms with E-state index in [1.54, 1.807) is 4.90 Å². The van der Waals surface area contributed by atoms with Gasteiger partial charge < -0.3 is 19.7 Å². The first kappa shape index (κ1) is 22.6. The van der Waals surface area contributed by atoms with Crippen LogP contribution in [0.2, 0.25) is 0 Å². The lowest BCUT2D eigenvalue weighted by molar-refractivity contribution is -0.151. The van der Waals surface area contributed by atoms with Crippen molar-refractivity contribution in [3.8, 4) is 0 Å². The third kappa shape index (κ3) is 8.48. The Balaban J connectivity index is 1.84. The quantitative estimate of drug-likeness (QED) is 0.348. The average molecular weight is 402 g/mol. The van der Waals surface area contributed by atoms with Gasteiger partial charge in [-0.3, -0.25) is 14.4 Å². The van der Waals surface area contributed by atoms with Gasteiger partial charge in [-0.15, -0.1) is 0 Å². The molecule has 1 N–H and O–H groups in total. The predicted molar refractivity (Wildman–Crippen MR) is 109 cm³/mol. The molecule has 1 fully saturated rings. The molecule has 1 aliphatic rings. The zero-order chi connectivity index (χ0) is 20.9. The third-order valence-corrected chi connectivity index (χ3v) is 4.79. The molecule has 0 bridgehead atoms. The summed E-state index contributed by atoms with van der Waals surface area (Å²) in [4.78, 5) is 38.2. The zero-order valence-electron chi connectivity index (χ0n) is 16.8. The summed E-state index contributed by atoms with van der Waals surface area (Å²) in [5.74, 6) is -1.04. The number of nitrogens with one attached hydrogen (secondary N) is 1. The first-order valence-electron chi connectivity index (χ1n) is 10.1. The van der Waals surface area contributed by atoms with Crippen LogP contribution in [0, 0.1) is 5.92 Å². The SMILES string of the molecule is C=CC(=O)NCCCC[C@H](CC(=O)OCc1ccccc1)C(=O)N1CCOCC1. The molecule has 7 heteroatoms. The van der Waals surface area contributed by atoms with Crippen molar-refractivity contribution in [1.82, 2.24) is 10.2 Å². The molecule has 1 heterocycles. The second-order valence-electron chi connectivity index (χ2n) is 6.98. The molecule has 0 aromatic heterocycles. The predicted octanol–water partition coefficient (Wildman–Crippen LogP) is 2.07. The Labute approximate surface area is 172 Å². The molecule has 7 nitrogen and oxygen atoms in total. The minimum Gasteiger partial charge on any atom is -0.461 e. The highest BCUT2D eigenvalue weighted by atomic mass is 16.5. The van der Waals surface area contributed by atoms with Crippen LogP contribution < -0.4 is 5.32 Å². The van der Waals surface area contributed by atoms with Gasteiger partial charge >= 0.3 is 5.97 Å². The van der Waals surface area contributed by atoms with E-state index in [0.29, 0.717) is 39.3 Å². The molecule has 1 aliphatic heterocycles.